The van der Waals surface area contributed by atoms with E-state index in [0.29, 0.717) is 11.3 Å². The Bertz CT molecular complexity index is 1520. The molecule has 0 atom stereocenters. The number of sulfonamides is 2. The van der Waals surface area contributed by atoms with Gasteiger partial charge in [-0.25, -0.2) is 16.8 Å². The van der Waals surface area contributed by atoms with Crippen molar-refractivity contribution in [3.63, 3.8) is 0 Å². The van der Waals surface area contributed by atoms with E-state index in [0.717, 1.165) is 0 Å². The number of ether oxygens (including phenoxy) is 1. The number of benzene rings is 3. The maximum Gasteiger partial charge on any atom is 0.262 e. The van der Waals surface area contributed by atoms with Crippen LogP contribution in [0.15, 0.2) is 70.5 Å². The largest absolute Gasteiger partial charge is 0.495 e. The first-order valence-corrected chi connectivity index (χ1v) is 14.6. The molecule has 3 aromatic rings. The highest BCUT2D eigenvalue weighted by molar-refractivity contribution is 7.92. The standard InChI is InChI=1S/C25H28ClN3O6S2/c1-5-29(6-2)37(33,34)24-15-18(12-14-20(24)26)25(30)27-19-13-11-17(3)23(16-19)36(31,32)28-21-9-7-8-10-22(21)35-4/h7-16,28H,5-6H2,1-4H3,(H,27,30). The van der Waals surface area contributed by atoms with Gasteiger partial charge in [-0.3, -0.25) is 9.52 Å². The van der Waals surface area contributed by atoms with E-state index < -0.39 is 26.0 Å². The van der Waals surface area contributed by atoms with Gasteiger partial charge >= 0.3 is 0 Å². The average Bonchev–Trinajstić information content (AvgIpc) is 2.85. The highest BCUT2D eigenvalue weighted by atomic mass is 35.5. The molecule has 0 saturated carbocycles. The van der Waals surface area contributed by atoms with Crippen LogP contribution < -0.4 is 14.8 Å². The van der Waals surface area contributed by atoms with E-state index in [4.69, 9.17) is 16.3 Å². The second kappa shape index (κ2) is 11.5. The minimum atomic E-state index is -4.03. The second-order valence-corrected chi connectivity index (χ2v) is 11.9. The van der Waals surface area contributed by atoms with Crippen molar-refractivity contribution in [2.45, 2.75) is 30.6 Å². The van der Waals surface area contributed by atoms with Gasteiger partial charge in [0.05, 0.1) is 22.7 Å². The fraction of sp³-hybridized carbons (Fsp3) is 0.240. The molecule has 9 nitrogen and oxygen atoms in total. The molecule has 12 heteroatoms. The van der Waals surface area contributed by atoms with Gasteiger partial charge in [0.15, 0.2) is 0 Å². The number of nitrogens with zero attached hydrogens (tertiary/aromatic N) is 1. The summed E-state index contributed by atoms with van der Waals surface area (Å²) in [6.07, 6.45) is 0. The van der Waals surface area contributed by atoms with Crippen molar-refractivity contribution in [2.24, 2.45) is 0 Å². The molecule has 0 radical (unpaired) electrons. The second-order valence-electron chi connectivity index (χ2n) is 7.97. The fourth-order valence-electron chi connectivity index (χ4n) is 3.64. The molecule has 0 unspecified atom stereocenters. The topological polar surface area (TPSA) is 122 Å². The van der Waals surface area contributed by atoms with Crippen LogP contribution in [0.3, 0.4) is 0 Å². The molecule has 0 bridgehead atoms. The number of hydrogen-bond acceptors (Lipinski definition) is 6. The van der Waals surface area contributed by atoms with E-state index in [9.17, 15) is 21.6 Å². The van der Waals surface area contributed by atoms with Crippen molar-refractivity contribution >= 4 is 48.9 Å². The Hall–Kier alpha value is -3.12. The number of carbonyl (C=O) groups is 1. The van der Waals surface area contributed by atoms with Crippen LogP contribution in [0.5, 0.6) is 5.75 Å². The summed E-state index contributed by atoms with van der Waals surface area (Å²) in [5.74, 6) is -0.274. The highest BCUT2D eigenvalue weighted by Gasteiger charge is 2.26. The number of para-hydroxylation sites is 2. The Balaban J connectivity index is 1.91. The zero-order valence-corrected chi connectivity index (χ0v) is 23.2. The normalized spacial score (nSPS) is 11.8. The van der Waals surface area contributed by atoms with Crippen LogP contribution in [0.25, 0.3) is 0 Å². The number of carbonyl (C=O) groups excluding carboxylic acids is 1. The summed E-state index contributed by atoms with van der Waals surface area (Å²) >= 11 is 6.16. The highest BCUT2D eigenvalue weighted by Crippen LogP contribution is 2.29. The predicted molar refractivity (Wildman–Crippen MR) is 144 cm³/mol. The number of anilines is 2. The monoisotopic (exact) mass is 565 g/mol. The van der Waals surface area contributed by atoms with Crippen LogP contribution in [-0.4, -0.2) is 47.2 Å². The maximum absolute atomic E-state index is 13.1. The zero-order valence-electron chi connectivity index (χ0n) is 20.8. The maximum atomic E-state index is 13.1. The molecule has 1 amide bonds. The van der Waals surface area contributed by atoms with E-state index in [1.807, 2.05) is 0 Å². The Morgan fingerprint density at radius 2 is 1.62 bits per heavy atom. The predicted octanol–water partition coefficient (Wildman–Crippen LogP) is 4.74. The Morgan fingerprint density at radius 3 is 2.27 bits per heavy atom. The summed E-state index contributed by atoms with van der Waals surface area (Å²) in [5.41, 5.74) is 0.979. The lowest BCUT2D eigenvalue weighted by molar-refractivity contribution is 0.102. The molecule has 0 fully saturated rings. The molecular weight excluding hydrogens is 538 g/mol. The molecule has 0 spiro atoms. The first-order chi connectivity index (χ1) is 17.4. The Labute approximate surface area is 222 Å². The van der Waals surface area contributed by atoms with Crippen molar-refractivity contribution in [1.82, 2.24) is 4.31 Å². The van der Waals surface area contributed by atoms with Gasteiger partial charge in [0.1, 0.15) is 10.6 Å². The number of halogens is 1. The summed E-state index contributed by atoms with van der Waals surface area (Å²) in [7, 11) is -6.50. The third-order valence-corrected chi connectivity index (χ3v) is 9.64. The summed E-state index contributed by atoms with van der Waals surface area (Å²) < 4.78 is 61.2. The molecule has 37 heavy (non-hydrogen) atoms. The third-order valence-electron chi connectivity index (χ3n) is 5.60. The van der Waals surface area contributed by atoms with E-state index in [1.54, 1.807) is 57.2 Å². The van der Waals surface area contributed by atoms with Gasteiger partial charge in [-0.15, -0.1) is 0 Å². The van der Waals surface area contributed by atoms with Crippen molar-refractivity contribution in [3.05, 3.63) is 76.8 Å². The zero-order chi connectivity index (χ0) is 27.4. The van der Waals surface area contributed by atoms with Gasteiger partial charge in [-0.2, -0.15) is 4.31 Å². The fourth-order valence-corrected chi connectivity index (χ4v) is 6.94. The molecular formula is C25H28ClN3O6S2. The third kappa shape index (κ3) is 6.24. The quantitative estimate of drug-likeness (QED) is 0.366. The Kier molecular flexibility index (Phi) is 8.85. The minimum absolute atomic E-state index is 0.00502. The summed E-state index contributed by atoms with van der Waals surface area (Å²) in [6, 6.07) is 15.0. The van der Waals surface area contributed by atoms with Gasteiger partial charge in [-0.1, -0.05) is 43.6 Å². The SMILES string of the molecule is CCN(CC)S(=O)(=O)c1cc(C(=O)Nc2ccc(C)c(S(=O)(=O)Nc3ccccc3OC)c2)ccc1Cl. The van der Waals surface area contributed by atoms with Crippen LogP contribution in [0, 0.1) is 6.92 Å². The smallest absolute Gasteiger partial charge is 0.262 e. The van der Waals surface area contributed by atoms with E-state index in [-0.39, 0.29) is 44.8 Å². The van der Waals surface area contributed by atoms with Crippen molar-refractivity contribution in [2.75, 3.05) is 30.2 Å². The molecule has 0 aliphatic heterocycles. The molecule has 2 N–H and O–H groups in total. The first kappa shape index (κ1) is 28.5. The number of methoxy groups -OCH3 is 1. The van der Waals surface area contributed by atoms with Gasteiger partial charge in [0.25, 0.3) is 15.9 Å². The van der Waals surface area contributed by atoms with E-state index in [1.165, 1.54) is 35.7 Å². The summed E-state index contributed by atoms with van der Waals surface area (Å²) in [5, 5.41) is 2.63. The molecule has 3 aromatic carbocycles. The lowest BCUT2D eigenvalue weighted by Crippen LogP contribution is -2.31. The molecule has 0 aliphatic rings. The van der Waals surface area contributed by atoms with Crippen LogP contribution in [0.4, 0.5) is 11.4 Å². The lowest BCUT2D eigenvalue weighted by atomic mass is 10.2. The Morgan fingerprint density at radius 1 is 0.946 bits per heavy atom. The number of rotatable bonds is 10. The molecule has 3 rings (SSSR count). The van der Waals surface area contributed by atoms with Gasteiger partial charge in [-0.05, 0) is 55.0 Å². The molecule has 0 heterocycles. The van der Waals surface area contributed by atoms with E-state index in [2.05, 4.69) is 10.0 Å². The van der Waals surface area contributed by atoms with Crippen LogP contribution in [-0.2, 0) is 20.0 Å². The minimum Gasteiger partial charge on any atom is -0.495 e. The van der Waals surface area contributed by atoms with Crippen LogP contribution >= 0.6 is 11.6 Å². The van der Waals surface area contributed by atoms with Crippen molar-refractivity contribution < 1.29 is 26.4 Å². The van der Waals surface area contributed by atoms with Crippen molar-refractivity contribution in [3.8, 4) is 5.75 Å². The van der Waals surface area contributed by atoms with Gasteiger partial charge in [0.2, 0.25) is 10.0 Å². The summed E-state index contributed by atoms with van der Waals surface area (Å²) in [4.78, 5) is 12.8. The molecule has 0 aromatic heterocycles. The molecule has 0 aliphatic carbocycles. The van der Waals surface area contributed by atoms with Gasteiger partial charge in [0, 0.05) is 24.3 Å². The first-order valence-electron chi connectivity index (χ1n) is 11.3. The number of aryl methyl sites for hydroxylation is 1. The van der Waals surface area contributed by atoms with Gasteiger partial charge < -0.3 is 10.1 Å². The average molecular weight is 566 g/mol. The molecule has 198 valence electrons. The van der Waals surface area contributed by atoms with Crippen LogP contribution in [0.1, 0.15) is 29.8 Å². The number of nitrogens with one attached hydrogen (secondary N) is 2. The number of hydrogen-bond donors (Lipinski definition) is 2. The summed E-state index contributed by atoms with van der Waals surface area (Å²) in [6.45, 7) is 5.53. The van der Waals surface area contributed by atoms with Crippen LogP contribution in [0.2, 0.25) is 5.02 Å². The molecule has 0 saturated heterocycles. The number of amides is 1. The lowest BCUT2D eigenvalue weighted by Gasteiger charge is -2.19. The van der Waals surface area contributed by atoms with E-state index >= 15 is 0 Å². The van der Waals surface area contributed by atoms with Crippen molar-refractivity contribution in [1.29, 1.82) is 0 Å².